The van der Waals surface area contributed by atoms with Gasteiger partial charge in [-0.05, 0) is 36.8 Å². The standard InChI is InChI=1S/C21H23N5O2/c1-2-26-20(27)18-5-3-4-6-19(18)23-21(26)24-22-15-16-7-9-17(10-8-16)25-11-13-28-14-12-25/h3-10,15H,2,11-14H2,1H3,(H,23,24)/b22-15-. The van der Waals surface area contributed by atoms with E-state index in [1.165, 1.54) is 5.69 Å². The van der Waals surface area contributed by atoms with Gasteiger partial charge >= 0.3 is 0 Å². The zero-order valence-electron chi connectivity index (χ0n) is 15.8. The van der Waals surface area contributed by atoms with Crippen LogP contribution in [0.2, 0.25) is 0 Å². The van der Waals surface area contributed by atoms with Crippen molar-refractivity contribution < 1.29 is 4.74 Å². The average Bonchev–Trinajstić information content (AvgIpc) is 2.75. The number of anilines is 2. The van der Waals surface area contributed by atoms with Gasteiger partial charge in [0.1, 0.15) is 0 Å². The van der Waals surface area contributed by atoms with Crippen LogP contribution in [-0.2, 0) is 11.3 Å². The van der Waals surface area contributed by atoms with Crippen LogP contribution < -0.4 is 15.9 Å². The quantitative estimate of drug-likeness (QED) is 0.547. The van der Waals surface area contributed by atoms with Gasteiger partial charge < -0.3 is 9.64 Å². The molecule has 1 N–H and O–H groups in total. The number of ether oxygens (including phenoxy) is 1. The number of fused-ring (bicyclic) bond motifs is 1. The Balaban J connectivity index is 1.51. The third kappa shape index (κ3) is 3.75. The molecule has 0 aliphatic carbocycles. The third-order valence-corrected chi connectivity index (χ3v) is 4.83. The van der Waals surface area contributed by atoms with Crippen molar-refractivity contribution in [3.8, 4) is 0 Å². The van der Waals surface area contributed by atoms with Gasteiger partial charge in [-0.25, -0.2) is 10.4 Å². The van der Waals surface area contributed by atoms with Gasteiger partial charge in [-0.2, -0.15) is 5.10 Å². The number of para-hydroxylation sites is 1. The van der Waals surface area contributed by atoms with Crippen molar-refractivity contribution >= 4 is 28.8 Å². The van der Waals surface area contributed by atoms with Crippen LogP contribution in [0.3, 0.4) is 0 Å². The van der Waals surface area contributed by atoms with Crippen LogP contribution >= 0.6 is 0 Å². The zero-order valence-corrected chi connectivity index (χ0v) is 15.8. The number of nitrogens with zero attached hydrogens (tertiary/aromatic N) is 4. The molecule has 2 heterocycles. The van der Waals surface area contributed by atoms with Crippen LogP contribution in [-0.4, -0.2) is 42.1 Å². The number of benzene rings is 2. The van der Waals surface area contributed by atoms with E-state index in [1.54, 1.807) is 16.8 Å². The van der Waals surface area contributed by atoms with Gasteiger partial charge in [-0.1, -0.05) is 24.3 Å². The van der Waals surface area contributed by atoms with Crippen LogP contribution in [0.5, 0.6) is 0 Å². The average molecular weight is 377 g/mol. The lowest BCUT2D eigenvalue weighted by Crippen LogP contribution is -2.36. The van der Waals surface area contributed by atoms with Gasteiger partial charge in [0.05, 0.1) is 30.3 Å². The smallest absolute Gasteiger partial charge is 0.262 e. The Kier molecular flexibility index (Phi) is 5.34. The Labute approximate surface area is 163 Å². The van der Waals surface area contributed by atoms with E-state index in [2.05, 4.69) is 32.5 Å². The second kappa shape index (κ2) is 8.22. The maximum absolute atomic E-state index is 12.6. The van der Waals surface area contributed by atoms with E-state index in [1.807, 2.05) is 37.3 Å². The summed E-state index contributed by atoms with van der Waals surface area (Å²) in [5.74, 6) is 0.437. The van der Waals surface area contributed by atoms with Gasteiger partial charge in [0.25, 0.3) is 5.56 Å². The summed E-state index contributed by atoms with van der Waals surface area (Å²) in [6, 6.07) is 15.6. The summed E-state index contributed by atoms with van der Waals surface area (Å²) in [4.78, 5) is 19.5. The molecule has 2 aromatic carbocycles. The summed E-state index contributed by atoms with van der Waals surface area (Å²) in [5, 5.41) is 4.89. The normalized spacial score (nSPS) is 14.7. The molecule has 0 spiro atoms. The molecule has 0 unspecified atom stereocenters. The topological polar surface area (TPSA) is 71.8 Å². The molecule has 0 atom stereocenters. The minimum Gasteiger partial charge on any atom is -0.378 e. The predicted octanol–water partition coefficient (Wildman–Crippen LogP) is 2.70. The van der Waals surface area contributed by atoms with E-state index >= 15 is 0 Å². The van der Waals surface area contributed by atoms with Gasteiger partial charge in [-0.3, -0.25) is 9.36 Å². The molecule has 1 aliphatic heterocycles. The summed E-state index contributed by atoms with van der Waals surface area (Å²) in [7, 11) is 0. The zero-order chi connectivity index (χ0) is 19.3. The lowest BCUT2D eigenvalue weighted by atomic mass is 10.2. The number of hydrazone groups is 1. The van der Waals surface area contributed by atoms with Gasteiger partial charge in [-0.15, -0.1) is 0 Å². The largest absolute Gasteiger partial charge is 0.378 e. The second-order valence-corrected chi connectivity index (χ2v) is 6.56. The summed E-state index contributed by atoms with van der Waals surface area (Å²) >= 11 is 0. The monoisotopic (exact) mass is 377 g/mol. The molecule has 1 fully saturated rings. The van der Waals surface area contributed by atoms with Gasteiger partial charge in [0.15, 0.2) is 0 Å². The molecule has 7 heteroatoms. The molecular weight excluding hydrogens is 354 g/mol. The predicted molar refractivity (Wildman–Crippen MR) is 112 cm³/mol. The van der Waals surface area contributed by atoms with Crippen LogP contribution in [0.1, 0.15) is 12.5 Å². The first-order chi connectivity index (χ1) is 13.8. The SMILES string of the molecule is CCn1c(N/N=C\c2ccc(N3CCOCC3)cc2)nc2ccccc2c1=O. The minimum absolute atomic E-state index is 0.0688. The summed E-state index contributed by atoms with van der Waals surface area (Å²) < 4.78 is 6.98. The Bertz CT molecular complexity index is 1040. The number of morpholine rings is 1. The van der Waals surface area contributed by atoms with Crippen molar-refractivity contribution in [1.29, 1.82) is 0 Å². The maximum atomic E-state index is 12.6. The van der Waals surface area contributed by atoms with Crippen LogP contribution in [0.4, 0.5) is 11.6 Å². The van der Waals surface area contributed by atoms with Crippen molar-refractivity contribution in [2.45, 2.75) is 13.5 Å². The van der Waals surface area contributed by atoms with Crippen molar-refractivity contribution in [3.63, 3.8) is 0 Å². The molecule has 0 radical (unpaired) electrons. The van der Waals surface area contributed by atoms with E-state index in [4.69, 9.17) is 4.74 Å². The molecule has 1 aliphatic rings. The van der Waals surface area contributed by atoms with Crippen molar-refractivity contribution in [3.05, 3.63) is 64.4 Å². The highest BCUT2D eigenvalue weighted by atomic mass is 16.5. The first kappa shape index (κ1) is 18.2. The van der Waals surface area contributed by atoms with E-state index in [0.717, 1.165) is 31.9 Å². The molecule has 0 bridgehead atoms. The maximum Gasteiger partial charge on any atom is 0.262 e. The molecule has 0 saturated carbocycles. The van der Waals surface area contributed by atoms with Gasteiger partial charge in [0, 0.05) is 25.3 Å². The summed E-state index contributed by atoms with van der Waals surface area (Å²) in [6.45, 7) is 5.80. The molecule has 28 heavy (non-hydrogen) atoms. The highest BCUT2D eigenvalue weighted by Crippen LogP contribution is 2.16. The van der Waals surface area contributed by atoms with E-state index in [-0.39, 0.29) is 5.56 Å². The van der Waals surface area contributed by atoms with Crippen LogP contribution in [0.25, 0.3) is 10.9 Å². The Morgan fingerprint density at radius 2 is 1.89 bits per heavy atom. The van der Waals surface area contributed by atoms with E-state index in [0.29, 0.717) is 23.4 Å². The number of hydrogen-bond acceptors (Lipinski definition) is 6. The van der Waals surface area contributed by atoms with Gasteiger partial charge in [0.2, 0.25) is 5.95 Å². The second-order valence-electron chi connectivity index (χ2n) is 6.56. The number of hydrogen-bond donors (Lipinski definition) is 1. The van der Waals surface area contributed by atoms with Crippen LogP contribution in [0, 0.1) is 0 Å². The lowest BCUT2D eigenvalue weighted by molar-refractivity contribution is 0.122. The lowest BCUT2D eigenvalue weighted by Gasteiger charge is -2.28. The van der Waals surface area contributed by atoms with Crippen molar-refractivity contribution in [1.82, 2.24) is 9.55 Å². The van der Waals surface area contributed by atoms with E-state index < -0.39 is 0 Å². The van der Waals surface area contributed by atoms with Crippen molar-refractivity contribution in [2.24, 2.45) is 5.10 Å². The molecule has 1 aromatic heterocycles. The van der Waals surface area contributed by atoms with Crippen LogP contribution in [0.15, 0.2) is 58.4 Å². The molecular formula is C21H23N5O2. The molecule has 144 valence electrons. The first-order valence-electron chi connectivity index (χ1n) is 9.47. The fourth-order valence-corrected chi connectivity index (χ4v) is 3.30. The Morgan fingerprint density at radius 3 is 2.64 bits per heavy atom. The Morgan fingerprint density at radius 1 is 1.14 bits per heavy atom. The molecule has 7 nitrogen and oxygen atoms in total. The molecule has 0 amide bonds. The first-order valence-corrected chi connectivity index (χ1v) is 9.47. The third-order valence-electron chi connectivity index (χ3n) is 4.83. The number of rotatable bonds is 5. The summed E-state index contributed by atoms with van der Waals surface area (Å²) in [5.41, 5.74) is 5.66. The molecule has 1 saturated heterocycles. The number of aromatic nitrogens is 2. The molecule has 3 aromatic rings. The van der Waals surface area contributed by atoms with E-state index in [9.17, 15) is 4.79 Å². The fraction of sp³-hybridized carbons (Fsp3) is 0.286. The highest BCUT2D eigenvalue weighted by Gasteiger charge is 2.11. The highest BCUT2D eigenvalue weighted by molar-refractivity contribution is 5.81. The Hall–Kier alpha value is -3.19. The van der Waals surface area contributed by atoms with Crippen molar-refractivity contribution in [2.75, 3.05) is 36.6 Å². The minimum atomic E-state index is -0.0688. The fourth-order valence-electron chi connectivity index (χ4n) is 3.30. The summed E-state index contributed by atoms with van der Waals surface area (Å²) in [6.07, 6.45) is 1.73. The number of nitrogens with one attached hydrogen (secondary N) is 1. The molecule has 4 rings (SSSR count).